The fraction of sp³-hybridized carbons (Fsp3) is 0.533. The van der Waals surface area contributed by atoms with E-state index in [0.717, 1.165) is 24.2 Å². The van der Waals surface area contributed by atoms with Gasteiger partial charge in [-0.15, -0.1) is 0 Å². The molecule has 0 aliphatic rings. The van der Waals surface area contributed by atoms with E-state index in [0.29, 0.717) is 18.1 Å². The van der Waals surface area contributed by atoms with Crippen LogP contribution in [0.15, 0.2) is 18.2 Å². The minimum absolute atomic E-state index is 0.220. The summed E-state index contributed by atoms with van der Waals surface area (Å²) in [5.41, 5.74) is 1.05. The SMILES string of the molecule is CC.CCOc1cccc(CCCC(C)=O)c1Cl. The minimum Gasteiger partial charge on any atom is -0.492 e. The van der Waals surface area contributed by atoms with Crippen molar-refractivity contribution in [2.45, 2.75) is 47.0 Å². The topological polar surface area (TPSA) is 26.3 Å². The molecule has 1 rings (SSSR count). The lowest BCUT2D eigenvalue weighted by Crippen LogP contribution is -1.96. The Kier molecular flexibility index (Phi) is 9.39. The number of ketones is 1. The van der Waals surface area contributed by atoms with Gasteiger partial charge in [0.25, 0.3) is 0 Å². The molecule has 0 amide bonds. The third-order valence-corrected chi connectivity index (χ3v) is 2.75. The Morgan fingerprint density at radius 1 is 1.33 bits per heavy atom. The van der Waals surface area contributed by atoms with Crippen LogP contribution in [-0.4, -0.2) is 12.4 Å². The zero-order chi connectivity index (χ0) is 14.0. The number of hydrogen-bond acceptors (Lipinski definition) is 2. The smallest absolute Gasteiger partial charge is 0.138 e. The van der Waals surface area contributed by atoms with Crippen molar-refractivity contribution < 1.29 is 9.53 Å². The molecule has 0 radical (unpaired) electrons. The molecule has 1 aromatic carbocycles. The zero-order valence-electron chi connectivity index (χ0n) is 11.8. The van der Waals surface area contributed by atoms with Gasteiger partial charge in [-0.25, -0.2) is 0 Å². The Morgan fingerprint density at radius 3 is 2.56 bits per heavy atom. The van der Waals surface area contributed by atoms with Crippen molar-refractivity contribution >= 4 is 17.4 Å². The molecule has 0 unspecified atom stereocenters. The van der Waals surface area contributed by atoms with E-state index >= 15 is 0 Å². The first-order valence-electron chi connectivity index (χ1n) is 6.54. The largest absolute Gasteiger partial charge is 0.492 e. The molecule has 0 fully saturated rings. The van der Waals surface area contributed by atoms with Crippen molar-refractivity contribution in [3.05, 3.63) is 28.8 Å². The summed E-state index contributed by atoms with van der Waals surface area (Å²) < 4.78 is 5.41. The molecule has 0 spiro atoms. The van der Waals surface area contributed by atoms with E-state index in [1.165, 1.54) is 0 Å². The zero-order valence-corrected chi connectivity index (χ0v) is 12.5. The standard InChI is InChI=1S/C13H17ClO2.C2H6/c1-3-16-12-9-5-8-11(13(12)14)7-4-6-10(2)15;1-2/h5,8-9H,3-4,6-7H2,1-2H3;1-2H3. The van der Waals surface area contributed by atoms with E-state index in [4.69, 9.17) is 16.3 Å². The van der Waals surface area contributed by atoms with Crippen LogP contribution in [0.25, 0.3) is 0 Å². The second kappa shape index (κ2) is 9.95. The Morgan fingerprint density at radius 2 is 2.00 bits per heavy atom. The van der Waals surface area contributed by atoms with Gasteiger partial charge < -0.3 is 9.53 Å². The number of aryl methyl sites for hydroxylation is 1. The number of hydrogen-bond donors (Lipinski definition) is 0. The van der Waals surface area contributed by atoms with E-state index in [1.807, 2.05) is 39.0 Å². The molecule has 102 valence electrons. The van der Waals surface area contributed by atoms with Crippen molar-refractivity contribution in [3.63, 3.8) is 0 Å². The first-order chi connectivity index (χ1) is 8.65. The number of benzene rings is 1. The summed E-state index contributed by atoms with van der Waals surface area (Å²) in [5, 5.41) is 0.674. The van der Waals surface area contributed by atoms with Crippen molar-refractivity contribution in [3.8, 4) is 5.75 Å². The van der Waals surface area contributed by atoms with E-state index < -0.39 is 0 Å². The van der Waals surface area contributed by atoms with Gasteiger partial charge in [0, 0.05) is 6.42 Å². The quantitative estimate of drug-likeness (QED) is 0.750. The highest BCUT2D eigenvalue weighted by atomic mass is 35.5. The predicted octanol–water partition coefficient (Wildman–Crippen LogP) is 4.68. The monoisotopic (exact) mass is 270 g/mol. The lowest BCUT2D eigenvalue weighted by Gasteiger charge is -2.09. The van der Waals surface area contributed by atoms with E-state index in [2.05, 4.69) is 0 Å². The highest BCUT2D eigenvalue weighted by molar-refractivity contribution is 6.32. The van der Waals surface area contributed by atoms with Crippen molar-refractivity contribution in [2.75, 3.05) is 6.61 Å². The van der Waals surface area contributed by atoms with Crippen molar-refractivity contribution in [1.82, 2.24) is 0 Å². The first-order valence-corrected chi connectivity index (χ1v) is 6.92. The van der Waals surface area contributed by atoms with Gasteiger partial charge in [0.2, 0.25) is 0 Å². The average molecular weight is 271 g/mol. The highest BCUT2D eigenvalue weighted by Crippen LogP contribution is 2.29. The lowest BCUT2D eigenvalue weighted by molar-refractivity contribution is -0.117. The van der Waals surface area contributed by atoms with Crippen molar-refractivity contribution in [2.24, 2.45) is 0 Å². The predicted molar refractivity (Wildman–Crippen MR) is 77.6 cm³/mol. The summed E-state index contributed by atoms with van der Waals surface area (Å²) in [4.78, 5) is 10.8. The van der Waals surface area contributed by atoms with Crippen LogP contribution in [0, 0.1) is 0 Å². The summed E-state index contributed by atoms with van der Waals surface area (Å²) in [5.74, 6) is 0.946. The number of Topliss-reactive ketones (excluding diaryl/α,β-unsaturated/α-hetero) is 1. The summed E-state index contributed by atoms with van der Waals surface area (Å²) in [7, 11) is 0. The first kappa shape index (κ1) is 17.0. The lowest BCUT2D eigenvalue weighted by atomic mass is 10.1. The molecule has 0 saturated heterocycles. The third kappa shape index (κ3) is 6.06. The molecule has 0 saturated carbocycles. The van der Waals surface area contributed by atoms with Crippen LogP contribution >= 0.6 is 11.6 Å². The van der Waals surface area contributed by atoms with E-state index in [1.54, 1.807) is 6.92 Å². The molecule has 0 atom stereocenters. The maximum absolute atomic E-state index is 10.8. The number of halogens is 1. The molecular weight excluding hydrogens is 248 g/mol. The van der Waals surface area contributed by atoms with Crippen molar-refractivity contribution in [1.29, 1.82) is 0 Å². The molecule has 0 aliphatic carbocycles. The molecule has 2 nitrogen and oxygen atoms in total. The van der Waals surface area contributed by atoms with Gasteiger partial charge in [0.05, 0.1) is 11.6 Å². The number of ether oxygens (including phenoxy) is 1. The van der Waals surface area contributed by atoms with Gasteiger partial charge >= 0.3 is 0 Å². The highest BCUT2D eigenvalue weighted by Gasteiger charge is 2.06. The number of rotatable bonds is 6. The fourth-order valence-corrected chi connectivity index (χ4v) is 1.82. The Labute approximate surface area is 115 Å². The molecule has 0 aromatic heterocycles. The maximum atomic E-state index is 10.8. The average Bonchev–Trinajstić information content (AvgIpc) is 2.36. The van der Waals surface area contributed by atoms with Crippen LogP contribution in [0.4, 0.5) is 0 Å². The van der Waals surface area contributed by atoms with Gasteiger partial charge in [0.1, 0.15) is 11.5 Å². The second-order valence-corrected chi connectivity index (χ2v) is 4.10. The minimum atomic E-state index is 0.220. The Bertz CT molecular complexity index is 362. The molecule has 3 heteroatoms. The molecule has 0 bridgehead atoms. The van der Waals surface area contributed by atoms with Crippen LogP contribution in [-0.2, 0) is 11.2 Å². The molecule has 18 heavy (non-hydrogen) atoms. The number of carbonyl (C=O) groups is 1. The summed E-state index contributed by atoms with van der Waals surface area (Å²) in [6, 6.07) is 5.77. The van der Waals surface area contributed by atoms with E-state index in [-0.39, 0.29) is 5.78 Å². The second-order valence-electron chi connectivity index (χ2n) is 3.72. The molecule has 1 aromatic rings. The normalized spacial score (nSPS) is 9.39. The van der Waals surface area contributed by atoms with Gasteiger partial charge in [-0.2, -0.15) is 0 Å². The number of carbonyl (C=O) groups excluding carboxylic acids is 1. The van der Waals surface area contributed by atoms with Crippen LogP contribution in [0.1, 0.15) is 46.1 Å². The summed E-state index contributed by atoms with van der Waals surface area (Å²) in [6.07, 6.45) is 2.26. The Balaban J connectivity index is 0.00000137. The van der Waals surface area contributed by atoms with Gasteiger partial charge in [0.15, 0.2) is 0 Å². The Hall–Kier alpha value is -1.02. The fourth-order valence-electron chi connectivity index (χ4n) is 1.54. The summed E-state index contributed by atoms with van der Waals surface area (Å²) in [6.45, 7) is 8.15. The molecule has 0 N–H and O–H groups in total. The van der Waals surface area contributed by atoms with Gasteiger partial charge in [-0.05, 0) is 38.3 Å². The van der Waals surface area contributed by atoms with E-state index in [9.17, 15) is 4.79 Å². The van der Waals surface area contributed by atoms with Crippen LogP contribution in [0.5, 0.6) is 5.75 Å². The van der Waals surface area contributed by atoms with Gasteiger partial charge in [-0.1, -0.05) is 37.6 Å². The third-order valence-electron chi connectivity index (χ3n) is 2.32. The van der Waals surface area contributed by atoms with Gasteiger partial charge in [-0.3, -0.25) is 0 Å². The molecule has 0 heterocycles. The van der Waals surface area contributed by atoms with Crippen LogP contribution < -0.4 is 4.74 Å². The van der Waals surface area contributed by atoms with Crippen LogP contribution in [0.3, 0.4) is 0 Å². The maximum Gasteiger partial charge on any atom is 0.138 e. The molecular formula is C15H23ClO2. The molecule has 0 aliphatic heterocycles. The summed E-state index contributed by atoms with van der Waals surface area (Å²) >= 11 is 6.19. The van der Waals surface area contributed by atoms with Crippen LogP contribution in [0.2, 0.25) is 5.02 Å².